The van der Waals surface area contributed by atoms with Crippen LogP contribution in [0.5, 0.6) is 5.75 Å². The van der Waals surface area contributed by atoms with Crippen molar-refractivity contribution in [3.05, 3.63) is 29.3 Å². The topological polar surface area (TPSA) is 26.3 Å². The summed E-state index contributed by atoms with van der Waals surface area (Å²) >= 11 is 0. The number of carbonyl (C=O) groups excluding carboxylic acids is 1. The lowest BCUT2D eigenvalue weighted by Gasteiger charge is -2.08. The van der Waals surface area contributed by atoms with Gasteiger partial charge in [0, 0.05) is 6.42 Å². The lowest BCUT2D eigenvalue weighted by molar-refractivity contribution is 0.0985. The minimum Gasteiger partial charge on any atom is -0.496 e. The molecule has 2 nitrogen and oxygen atoms in total. The molecule has 0 aliphatic rings. The van der Waals surface area contributed by atoms with E-state index in [0.717, 1.165) is 6.42 Å². The number of methoxy groups -OCH3 is 1. The number of hydrogen-bond donors (Lipinski definition) is 0. The molecular formula is C12H16O2. The van der Waals surface area contributed by atoms with Gasteiger partial charge in [-0.2, -0.15) is 0 Å². The van der Waals surface area contributed by atoms with Gasteiger partial charge in [-0.3, -0.25) is 4.79 Å². The van der Waals surface area contributed by atoms with Crippen LogP contribution in [0, 0.1) is 0 Å². The van der Waals surface area contributed by atoms with Crippen LogP contribution in [0.2, 0.25) is 0 Å². The summed E-state index contributed by atoms with van der Waals surface area (Å²) < 4.78 is 5.19. The highest BCUT2D eigenvalue weighted by atomic mass is 16.5. The molecule has 14 heavy (non-hydrogen) atoms. The molecule has 1 aromatic carbocycles. The van der Waals surface area contributed by atoms with Gasteiger partial charge in [-0.25, -0.2) is 0 Å². The zero-order chi connectivity index (χ0) is 10.6. The molecular weight excluding hydrogens is 176 g/mol. The highest BCUT2D eigenvalue weighted by molar-refractivity contribution is 5.98. The SMILES string of the molecule is CCC(=O)c1ccc(CC)cc1OC. The number of ether oxygens (including phenoxy) is 1. The highest BCUT2D eigenvalue weighted by Crippen LogP contribution is 2.21. The highest BCUT2D eigenvalue weighted by Gasteiger charge is 2.09. The van der Waals surface area contributed by atoms with Crippen LogP contribution in [-0.2, 0) is 6.42 Å². The Morgan fingerprint density at radius 1 is 1.36 bits per heavy atom. The van der Waals surface area contributed by atoms with Crippen LogP contribution in [0.1, 0.15) is 36.2 Å². The van der Waals surface area contributed by atoms with E-state index in [1.807, 2.05) is 25.1 Å². The van der Waals surface area contributed by atoms with Gasteiger partial charge in [0.15, 0.2) is 5.78 Å². The standard InChI is InChI=1S/C12H16O2/c1-4-9-6-7-10(11(13)5-2)12(8-9)14-3/h6-8H,4-5H2,1-3H3. The van der Waals surface area contributed by atoms with E-state index >= 15 is 0 Å². The predicted molar refractivity (Wildman–Crippen MR) is 57.0 cm³/mol. The number of ketones is 1. The molecule has 0 bridgehead atoms. The molecule has 1 aromatic rings. The molecule has 0 N–H and O–H groups in total. The van der Waals surface area contributed by atoms with Crippen molar-refractivity contribution in [1.29, 1.82) is 0 Å². The second-order valence-corrected chi connectivity index (χ2v) is 3.16. The summed E-state index contributed by atoms with van der Waals surface area (Å²) in [6.45, 7) is 3.94. The molecule has 0 atom stereocenters. The summed E-state index contributed by atoms with van der Waals surface area (Å²) in [5.74, 6) is 0.820. The monoisotopic (exact) mass is 192 g/mol. The Balaban J connectivity index is 3.11. The molecule has 0 saturated heterocycles. The molecule has 2 heteroatoms. The quantitative estimate of drug-likeness (QED) is 0.686. The third-order valence-corrected chi connectivity index (χ3v) is 2.30. The molecule has 0 heterocycles. The van der Waals surface area contributed by atoms with E-state index in [9.17, 15) is 4.79 Å². The Bertz CT molecular complexity index is 329. The van der Waals surface area contributed by atoms with Crippen LogP contribution >= 0.6 is 0 Å². The van der Waals surface area contributed by atoms with Crippen molar-refractivity contribution in [3.8, 4) is 5.75 Å². The van der Waals surface area contributed by atoms with E-state index in [1.54, 1.807) is 7.11 Å². The zero-order valence-corrected chi connectivity index (χ0v) is 8.96. The summed E-state index contributed by atoms with van der Waals surface area (Å²) in [7, 11) is 1.60. The summed E-state index contributed by atoms with van der Waals surface area (Å²) in [6.07, 6.45) is 1.47. The van der Waals surface area contributed by atoms with Gasteiger partial charge in [-0.05, 0) is 24.1 Å². The van der Waals surface area contributed by atoms with Gasteiger partial charge >= 0.3 is 0 Å². The smallest absolute Gasteiger partial charge is 0.166 e. The van der Waals surface area contributed by atoms with Crippen molar-refractivity contribution in [2.45, 2.75) is 26.7 Å². The van der Waals surface area contributed by atoms with E-state index < -0.39 is 0 Å². The van der Waals surface area contributed by atoms with Crippen LogP contribution in [0.15, 0.2) is 18.2 Å². The molecule has 0 spiro atoms. The maximum atomic E-state index is 11.5. The largest absolute Gasteiger partial charge is 0.496 e. The summed E-state index contributed by atoms with van der Waals surface area (Å²) in [5.41, 5.74) is 1.88. The second-order valence-electron chi connectivity index (χ2n) is 3.16. The van der Waals surface area contributed by atoms with Gasteiger partial charge in [-0.1, -0.05) is 19.9 Å². The van der Waals surface area contributed by atoms with Gasteiger partial charge in [0.05, 0.1) is 12.7 Å². The van der Waals surface area contributed by atoms with Gasteiger partial charge in [0.1, 0.15) is 5.75 Å². The normalized spacial score (nSPS) is 9.93. The minimum absolute atomic E-state index is 0.129. The first-order chi connectivity index (χ1) is 6.72. The summed E-state index contributed by atoms with van der Waals surface area (Å²) in [4.78, 5) is 11.5. The van der Waals surface area contributed by atoms with Crippen LogP contribution in [0.3, 0.4) is 0 Å². The Morgan fingerprint density at radius 3 is 2.57 bits per heavy atom. The molecule has 1 rings (SSSR count). The van der Waals surface area contributed by atoms with E-state index in [4.69, 9.17) is 4.74 Å². The molecule has 0 aliphatic heterocycles. The van der Waals surface area contributed by atoms with Gasteiger partial charge < -0.3 is 4.74 Å². The molecule has 0 aromatic heterocycles. The summed E-state index contributed by atoms with van der Waals surface area (Å²) in [6, 6.07) is 5.76. The molecule has 0 saturated carbocycles. The first kappa shape index (κ1) is 10.8. The fourth-order valence-electron chi connectivity index (χ4n) is 1.38. The molecule has 0 unspecified atom stereocenters. The minimum atomic E-state index is 0.129. The Morgan fingerprint density at radius 2 is 2.07 bits per heavy atom. The van der Waals surface area contributed by atoms with Crippen molar-refractivity contribution < 1.29 is 9.53 Å². The molecule has 76 valence electrons. The number of benzene rings is 1. The van der Waals surface area contributed by atoms with Crippen molar-refractivity contribution in [3.63, 3.8) is 0 Å². The number of rotatable bonds is 4. The van der Waals surface area contributed by atoms with E-state index in [2.05, 4.69) is 6.92 Å². The number of carbonyl (C=O) groups is 1. The fourth-order valence-corrected chi connectivity index (χ4v) is 1.38. The maximum Gasteiger partial charge on any atom is 0.166 e. The van der Waals surface area contributed by atoms with Crippen LogP contribution < -0.4 is 4.74 Å². The lowest BCUT2D eigenvalue weighted by atomic mass is 10.0. The van der Waals surface area contributed by atoms with Gasteiger partial charge in [0.2, 0.25) is 0 Å². The van der Waals surface area contributed by atoms with Crippen LogP contribution in [0.4, 0.5) is 0 Å². The van der Waals surface area contributed by atoms with Gasteiger partial charge in [-0.15, -0.1) is 0 Å². The zero-order valence-electron chi connectivity index (χ0n) is 8.96. The predicted octanol–water partition coefficient (Wildman–Crippen LogP) is 2.85. The van der Waals surface area contributed by atoms with E-state index in [1.165, 1.54) is 5.56 Å². The first-order valence-electron chi connectivity index (χ1n) is 4.93. The number of hydrogen-bond acceptors (Lipinski definition) is 2. The average Bonchev–Trinajstić information content (AvgIpc) is 2.27. The van der Waals surface area contributed by atoms with E-state index in [0.29, 0.717) is 17.7 Å². The average molecular weight is 192 g/mol. The molecule has 0 radical (unpaired) electrons. The third kappa shape index (κ3) is 2.13. The number of aryl methyl sites for hydroxylation is 1. The van der Waals surface area contributed by atoms with Crippen LogP contribution in [0.25, 0.3) is 0 Å². The Kier molecular flexibility index (Phi) is 3.69. The van der Waals surface area contributed by atoms with Crippen molar-refractivity contribution in [1.82, 2.24) is 0 Å². The van der Waals surface area contributed by atoms with Crippen molar-refractivity contribution >= 4 is 5.78 Å². The molecule has 0 amide bonds. The molecule has 0 aliphatic carbocycles. The fraction of sp³-hybridized carbons (Fsp3) is 0.417. The van der Waals surface area contributed by atoms with Crippen LogP contribution in [-0.4, -0.2) is 12.9 Å². The third-order valence-electron chi connectivity index (χ3n) is 2.30. The second kappa shape index (κ2) is 4.80. The lowest BCUT2D eigenvalue weighted by Crippen LogP contribution is -2.01. The van der Waals surface area contributed by atoms with Crippen molar-refractivity contribution in [2.24, 2.45) is 0 Å². The Labute approximate surface area is 84.9 Å². The Hall–Kier alpha value is -1.31. The maximum absolute atomic E-state index is 11.5. The van der Waals surface area contributed by atoms with E-state index in [-0.39, 0.29) is 5.78 Å². The number of Topliss-reactive ketones (excluding diaryl/α,β-unsaturated/α-hetero) is 1. The summed E-state index contributed by atoms with van der Waals surface area (Å²) in [5, 5.41) is 0. The molecule has 0 fully saturated rings. The first-order valence-corrected chi connectivity index (χ1v) is 4.93. The van der Waals surface area contributed by atoms with Crippen molar-refractivity contribution in [2.75, 3.05) is 7.11 Å². The van der Waals surface area contributed by atoms with Gasteiger partial charge in [0.25, 0.3) is 0 Å².